The number of nitrogens with two attached hydrogens (primary N) is 1. The average Bonchev–Trinajstić information content (AvgIpc) is 1.83. The molecule has 0 amide bonds. The van der Waals surface area contributed by atoms with E-state index < -0.39 is 0 Å². The van der Waals surface area contributed by atoms with Crippen molar-refractivity contribution in [3.8, 4) is 0 Å². The predicted molar refractivity (Wildman–Crippen MR) is 38.6 cm³/mol. The second-order valence-corrected chi connectivity index (χ2v) is 2.31. The highest BCUT2D eigenvalue weighted by Gasteiger charge is 2.02. The van der Waals surface area contributed by atoms with Gasteiger partial charge in [0.05, 0.1) is 5.70 Å². The molecule has 3 N–H and O–H groups in total. The number of hydrogen-bond donors (Lipinski definition) is 2. The molecule has 0 aromatic rings. The Balaban J connectivity index is 2.88. The van der Waals surface area contributed by atoms with Crippen LogP contribution in [0.1, 0.15) is 13.8 Å². The summed E-state index contributed by atoms with van der Waals surface area (Å²) in [6.45, 7) is 4.93. The van der Waals surface area contributed by atoms with Gasteiger partial charge in [-0.25, -0.2) is 0 Å². The van der Waals surface area contributed by atoms with Crippen molar-refractivity contribution >= 4 is 0 Å². The molecule has 0 bridgehead atoms. The average molecular weight is 124 g/mol. The second-order valence-electron chi connectivity index (χ2n) is 2.31. The van der Waals surface area contributed by atoms with E-state index in [2.05, 4.69) is 11.4 Å². The summed E-state index contributed by atoms with van der Waals surface area (Å²) in [5.74, 6) is 0. The lowest BCUT2D eigenvalue weighted by molar-refractivity contribution is 0.851. The third-order valence-corrected chi connectivity index (χ3v) is 1.60. The molecule has 2 heteroatoms. The first-order valence-corrected chi connectivity index (χ1v) is 3.09. The Kier molecular flexibility index (Phi) is 1.47. The van der Waals surface area contributed by atoms with Gasteiger partial charge >= 0.3 is 0 Å². The lowest BCUT2D eigenvalue weighted by Gasteiger charge is -2.14. The van der Waals surface area contributed by atoms with Gasteiger partial charge in [-0.15, -0.1) is 0 Å². The third kappa shape index (κ3) is 1.07. The topological polar surface area (TPSA) is 38.0 Å². The maximum absolute atomic E-state index is 5.67. The van der Waals surface area contributed by atoms with E-state index in [0.717, 1.165) is 17.9 Å². The normalized spacial score (nSPS) is 19.1. The van der Waals surface area contributed by atoms with Gasteiger partial charge in [0.25, 0.3) is 0 Å². The smallest absolute Gasteiger partial charge is 0.0531 e. The van der Waals surface area contributed by atoms with Gasteiger partial charge in [0, 0.05) is 12.2 Å². The highest BCUT2D eigenvalue weighted by atomic mass is 14.9. The van der Waals surface area contributed by atoms with E-state index in [1.54, 1.807) is 0 Å². The van der Waals surface area contributed by atoms with Crippen LogP contribution < -0.4 is 11.1 Å². The summed E-state index contributed by atoms with van der Waals surface area (Å²) in [7, 11) is 0. The molecule has 0 aliphatic carbocycles. The zero-order valence-corrected chi connectivity index (χ0v) is 5.86. The molecule has 0 aromatic carbocycles. The van der Waals surface area contributed by atoms with Crippen LogP contribution in [0.3, 0.4) is 0 Å². The number of allylic oxidation sites excluding steroid dienone is 2. The molecule has 0 saturated carbocycles. The van der Waals surface area contributed by atoms with Crippen LogP contribution in [-0.2, 0) is 0 Å². The van der Waals surface area contributed by atoms with E-state index in [1.807, 2.05) is 13.8 Å². The van der Waals surface area contributed by atoms with Gasteiger partial charge in [-0.1, -0.05) is 6.08 Å². The van der Waals surface area contributed by atoms with Gasteiger partial charge in [-0.3, -0.25) is 0 Å². The van der Waals surface area contributed by atoms with E-state index in [4.69, 9.17) is 5.73 Å². The minimum Gasteiger partial charge on any atom is -0.397 e. The summed E-state index contributed by atoms with van der Waals surface area (Å²) in [4.78, 5) is 0. The van der Waals surface area contributed by atoms with Crippen LogP contribution in [0.25, 0.3) is 0 Å². The lowest BCUT2D eigenvalue weighted by atomic mass is 10.1. The number of rotatable bonds is 0. The maximum Gasteiger partial charge on any atom is 0.0531 e. The summed E-state index contributed by atoms with van der Waals surface area (Å²) in [5, 5.41) is 3.14. The second kappa shape index (κ2) is 2.13. The van der Waals surface area contributed by atoms with Gasteiger partial charge in [0.15, 0.2) is 0 Å². The number of hydrogen-bond acceptors (Lipinski definition) is 2. The van der Waals surface area contributed by atoms with E-state index in [-0.39, 0.29) is 0 Å². The molecule has 1 aliphatic rings. The van der Waals surface area contributed by atoms with Crippen molar-refractivity contribution in [1.82, 2.24) is 5.32 Å². The Morgan fingerprint density at radius 3 is 2.67 bits per heavy atom. The van der Waals surface area contributed by atoms with Crippen molar-refractivity contribution in [3.05, 3.63) is 23.0 Å². The van der Waals surface area contributed by atoms with Gasteiger partial charge < -0.3 is 11.1 Å². The molecule has 9 heavy (non-hydrogen) atoms. The van der Waals surface area contributed by atoms with Crippen LogP contribution in [0.4, 0.5) is 0 Å². The van der Waals surface area contributed by atoms with Crippen LogP contribution >= 0.6 is 0 Å². The van der Waals surface area contributed by atoms with Gasteiger partial charge in [-0.05, 0) is 19.4 Å². The Morgan fingerprint density at radius 1 is 1.56 bits per heavy atom. The summed E-state index contributed by atoms with van der Waals surface area (Å²) >= 11 is 0. The fourth-order valence-corrected chi connectivity index (χ4v) is 0.858. The molecule has 0 saturated heterocycles. The van der Waals surface area contributed by atoms with Gasteiger partial charge in [-0.2, -0.15) is 0 Å². The molecule has 1 heterocycles. The Bertz CT molecular complexity index is 177. The third-order valence-electron chi connectivity index (χ3n) is 1.60. The van der Waals surface area contributed by atoms with E-state index in [0.29, 0.717) is 0 Å². The summed E-state index contributed by atoms with van der Waals surface area (Å²) in [6.07, 6.45) is 2.09. The molecule has 0 atom stereocenters. The molecule has 50 valence electrons. The van der Waals surface area contributed by atoms with Crippen molar-refractivity contribution in [2.45, 2.75) is 13.8 Å². The predicted octanol–water partition coefficient (Wildman–Crippen LogP) is 0.726. The van der Waals surface area contributed by atoms with Crippen molar-refractivity contribution in [2.75, 3.05) is 6.54 Å². The lowest BCUT2D eigenvalue weighted by Crippen LogP contribution is -2.21. The van der Waals surface area contributed by atoms with Crippen LogP contribution in [0.2, 0.25) is 0 Å². The van der Waals surface area contributed by atoms with Crippen molar-refractivity contribution < 1.29 is 0 Å². The van der Waals surface area contributed by atoms with E-state index in [9.17, 15) is 0 Å². The molecule has 1 aliphatic heterocycles. The molecule has 0 aromatic heterocycles. The summed E-state index contributed by atoms with van der Waals surface area (Å²) in [6, 6.07) is 0. The number of dihydropyridines is 1. The molecule has 0 unspecified atom stereocenters. The van der Waals surface area contributed by atoms with Gasteiger partial charge in [0.2, 0.25) is 0 Å². The fourth-order valence-electron chi connectivity index (χ4n) is 0.858. The largest absolute Gasteiger partial charge is 0.397 e. The van der Waals surface area contributed by atoms with Crippen molar-refractivity contribution in [2.24, 2.45) is 5.73 Å². The van der Waals surface area contributed by atoms with E-state index >= 15 is 0 Å². The summed E-state index contributed by atoms with van der Waals surface area (Å²) < 4.78 is 0. The first-order chi connectivity index (χ1) is 4.22. The van der Waals surface area contributed by atoms with Gasteiger partial charge in [0.1, 0.15) is 0 Å². The van der Waals surface area contributed by atoms with Crippen LogP contribution in [0.15, 0.2) is 23.0 Å². The van der Waals surface area contributed by atoms with Crippen molar-refractivity contribution in [1.29, 1.82) is 0 Å². The highest BCUT2D eigenvalue weighted by molar-refractivity contribution is 5.32. The molecular formula is C7H12N2. The molecular weight excluding hydrogens is 112 g/mol. The Morgan fingerprint density at radius 2 is 2.22 bits per heavy atom. The Labute approximate surface area is 55.4 Å². The monoisotopic (exact) mass is 124 g/mol. The zero-order chi connectivity index (χ0) is 6.85. The molecule has 0 radical (unpaired) electrons. The fraction of sp³-hybridized carbons (Fsp3) is 0.429. The molecule has 2 nitrogen and oxygen atoms in total. The molecule has 0 spiro atoms. The SMILES string of the molecule is CC1=CCNC(C)=C1N. The first kappa shape index (κ1) is 6.20. The molecule has 0 fully saturated rings. The minimum absolute atomic E-state index is 0.890. The van der Waals surface area contributed by atoms with Crippen LogP contribution in [-0.4, -0.2) is 6.54 Å². The van der Waals surface area contributed by atoms with Crippen molar-refractivity contribution in [3.63, 3.8) is 0 Å². The zero-order valence-electron chi connectivity index (χ0n) is 5.86. The maximum atomic E-state index is 5.67. The summed E-state index contributed by atoms with van der Waals surface area (Å²) in [5.41, 5.74) is 8.84. The standard InChI is InChI=1S/C7H12N2/c1-5-3-4-9-6(2)7(5)8/h3,9H,4,8H2,1-2H3. The van der Waals surface area contributed by atoms with Crippen LogP contribution in [0, 0.1) is 0 Å². The van der Waals surface area contributed by atoms with E-state index in [1.165, 1.54) is 5.57 Å². The number of nitrogens with one attached hydrogen (secondary N) is 1. The van der Waals surface area contributed by atoms with Crippen LogP contribution in [0.5, 0.6) is 0 Å². The minimum atomic E-state index is 0.890. The Hall–Kier alpha value is -0.920. The molecule has 1 rings (SSSR count). The first-order valence-electron chi connectivity index (χ1n) is 3.09. The quantitative estimate of drug-likeness (QED) is 0.499. The highest BCUT2D eigenvalue weighted by Crippen LogP contribution is 2.09.